The van der Waals surface area contributed by atoms with Crippen LogP contribution in [0.1, 0.15) is 74.5 Å². The number of benzene rings is 1. The number of fused-ring (bicyclic) bond motifs is 2. The summed E-state index contributed by atoms with van der Waals surface area (Å²) in [4.78, 5) is 9.03. The second-order valence-electron chi connectivity index (χ2n) is 11.3. The molecule has 0 saturated heterocycles. The second kappa shape index (κ2) is 11.6. The molecule has 0 amide bonds. The molecule has 1 aromatic heterocycles. The van der Waals surface area contributed by atoms with Crippen LogP contribution < -0.4 is 21.7 Å². The fourth-order valence-electron chi connectivity index (χ4n) is 6.77. The molecule has 36 heavy (non-hydrogen) atoms. The number of anilines is 2. The van der Waals surface area contributed by atoms with Crippen LogP contribution in [0.4, 0.5) is 11.8 Å². The molecule has 2 aromatic rings. The highest BCUT2D eigenvalue weighted by Gasteiger charge is 2.41. The summed E-state index contributed by atoms with van der Waals surface area (Å²) in [5, 5.41) is 20.6. The van der Waals surface area contributed by atoms with Crippen LogP contribution in [0.15, 0.2) is 30.5 Å². The van der Waals surface area contributed by atoms with Gasteiger partial charge in [0, 0.05) is 31.2 Å². The minimum atomic E-state index is 0.405. The van der Waals surface area contributed by atoms with Crippen LogP contribution in [0, 0.1) is 36.0 Å². The lowest BCUT2D eigenvalue weighted by atomic mass is 9.64. The Bertz CT molecular complexity index is 1040. The Morgan fingerprint density at radius 2 is 1.78 bits per heavy atom. The molecular formula is C29H41N7. The van der Waals surface area contributed by atoms with E-state index in [4.69, 9.17) is 5.73 Å². The van der Waals surface area contributed by atoms with E-state index in [1.807, 2.05) is 12.1 Å². The van der Waals surface area contributed by atoms with E-state index in [-0.39, 0.29) is 0 Å². The van der Waals surface area contributed by atoms with Gasteiger partial charge in [-0.05, 0) is 87.2 Å². The first-order valence-corrected chi connectivity index (χ1v) is 13.9. The van der Waals surface area contributed by atoms with Crippen molar-refractivity contribution in [2.75, 3.05) is 17.2 Å². The highest BCUT2D eigenvalue weighted by Crippen LogP contribution is 2.43. The van der Waals surface area contributed by atoms with Crippen molar-refractivity contribution in [3.05, 3.63) is 47.2 Å². The third kappa shape index (κ3) is 5.99. The van der Waals surface area contributed by atoms with Crippen molar-refractivity contribution in [2.45, 2.75) is 89.4 Å². The van der Waals surface area contributed by atoms with Gasteiger partial charge in [-0.25, -0.2) is 4.98 Å². The molecule has 192 valence electrons. The number of aryl methyl sites for hydroxylation is 1. The van der Waals surface area contributed by atoms with Gasteiger partial charge >= 0.3 is 0 Å². The Morgan fingerprint density at radius 1 is 1.03 bits per heavy atom. The molecular weight excluding hydrogens is 446 g/mol. The van der Waals surface area contributed by atoms with Crippen LogP contribution in [-0.4, -0.2) is 34.6 Å². The quantitative estimate of drug-likeness (QED) is 0.426. The highest BCUT2D eigenvalue weighted by molar-refractivity contribution is 5.53. The average Bonchev–Trinajstić information content (AvgIpc) is 2.88. The number of nitrogens with one attached hydrogen (secondary N) is 3. The van der Waals surface area contributed by atoms with Crippen LogP contribution in [0.25, 0.3) is 0 Å². The van der Waals surface area contributed by atoms with Gasteiger partial charge in [-0.1, -0.05) is 30.7 Å². The number of hydrogen-bond acceptors (Lipinski definition) is 7. The zero-order chi connectivity index (χ0) is 24.9. The molecule has 2 bridgehead atoms. The SMILES string of the molecule is Cc1ccccc1CNc1ncc(C#N)c(NCC2C[C@H]3CCC[C@@H](C2)C3NC2CCC(N)CC2)n1. The number of hydrogen-bond donors (Lipinski definition) is 4. The molecule has 7 nitrogen and oxygen atoms in total. The largest absolute Gasteiger partial charge is 0.369 e. The maximum Gasteiger partial charge on any atom is 0.224 e. The van der Waals surface area contributed by atoms with E-state index in [0.29, 0.717) is 47.9 Å². The van der Waals surface area contributed by atoms with E-state index >= 15 is 0 Å². The first-order chi connectivity index (χ1) is 17.6. The molecule has 1 heterocycles. The predicted octanol–water partition coefficient (Wildman–Crippen LogP) is 4.74. The summed E-state index contributed by atoms with van der Waals surface area (Å²) in [7, 11) is 0. The fraction of sp³-hybridized carbons (Fsp3) is 0.621. The average molecular weight is 488 g/mol. The topological polar surface area (TPSA) is 112 Å². The number of nitrogens with zero attached hydrogens (tertiary/aromatic N) is 3. The van der Waals surface area contributed by atoms with Crippen molar-refractivity contribution in [2.24, 2.45) is 23.5 Å². The molecule has 0 radical (unpaired) electrons. The Morgan fingerprint density at radius 3 is 2.50 bits per heavy atom. The van der Waals surface area contributed by atoms with E-state index in [9.17, 15) is 5.26 Å². The summed E-state index contributed by atoms with van der Waals surface area (Å²) in [6.07, 6.45) is 12.9. The van der Waals surface area contributed by atoms with E-state index in [0.717, 1.165) is 31.2 Å². The number of aromatic nitrogens is 2. The zero-order valence-electron chi connectivity index (χ0n) is 21.5. The summed E-state index contributed by atoms with van der Waals surface area (Å²) in [6, 6.07) is 12.3. The van der Waals surface area contributed by atoms with Crippen molar-refractivity contribution >= 4 is 11.8 Å². The van der Waals surface area contributed by atoms with Gasteiger partial charge in [0.2, 0.25) is 5.95 Å². The van der Waals surface area contributed by atoms with Crippen LogP contribution in [0.2, 0.25) is 0 Å². The predicted molar refractivity (Wildman–Crippen MR) is 144 cm³/mol. The number of rotatable bonds is 8. The van der Waals surface area contributed by atoms with Crippen molar-refractivity contribution in [1.82, 2.24) is 15.3 Å². The smallest absolute Gasteiger partial charge is 0.224 e. The van der Waals surface area contributed by atoms with Gasteiger partial charge in [0.05, 0.1) is 6.20 Å². The normalized spacial score (nSPS) is 29.8. The first-order valence-electron chi connectivity index (χ1n) is 13.9. The molecule has 3 aliphatic carbocycles. The highest BCUT2D eigenvalue weighted by atomic mass is 15.1. The molecule has 4 atom stereocenters. The summed E-state index contributed by atoms with van der Waals surface area (Å²) >= 11 is 0. The van der Waals surface area contributed by atoms with Gasteiger partial charge in [0.1, 0.15) is 17.5 Å². The zero-order valence-corrected chi connectivity index (χ0v) is 21.5. The van der Waals surface area contributed by atoms with Gasteiger partial charge < -0.3 is 21.7 Å². The maximum absolute atomic E-state index is 9.62. The van der Waals surface area contributed by atoms with Crippen LogP contribution in [-0.2, 0) is 6.54 Å². The molecule has 3 saturated carbocycles. The standard InChI is InChI=1S/C29H41N7/c1-19-5-2-3-6-23(19)17-33-29-34-18-24(15-30)28(36-29)32-16-20-13-21-7-4-8-22(14-20)27(21)35-26-11-9-25(31)10-12-26/h2-3,5-6,18,20-22,25-27,35H,4,7-14,16-17,31H2,1H3,(H2,32,33,34,36)/t20?,21-,22+,25?,26?,27?. The Hall–Kier alpha value is -2.69. The van der Waals surface area contributed by atoms with Gasteiger partial charge in [0.15, 0.2) is 0 Å². The fourth-order valence-corrected chi connectivity index (χ4v) is 6.77. The number of nitrogens with two attached hydrogens (primary N) is 1. The summed E-state index contributed by atoms with van der Waals surface area (Å²) in [5.41, 5.74) is 9.09. The van der Waals surface area contributed by atoms with Crippen LogP contribution in [0.3, 0.4) is 0 Å². The van der Waals surface area contributed by atoms with Gasteiger partial charge in [0.25, 0.3) is 0 Å². The summed E-state index contributed by atoms with van der Waals surface area (Å²) in [5.74, 6) is 3.32. The van der Waals surface area contributed by atoms with Crippen LogP contribution in [0.5, 0.6) is 0 Å². The van der Waals surface area contributed by atoms with Crippen molar-refractivity contribution in [3.63, 3.8) is 0 Å². The van der Waals surface area contributed by atoms with E-state index in [2.05, 4.69) is 51.0 Å². The summed E-state index contributed by atoms with van der Waals surface area (Å²) in [6.45, 7) is 3.63. The molecule has 0 spiro atoms. The Balaban J connectivity index is 1.18. The lowest BCUT2D eigenvalue weighted by Crippen LogP contribution is -2.54. The van der Waals surface area contributed by atoms with Crippen LogP contribution >= 0.6 is 0 Å². The molecule has 5 N–H and O–H groups in total. The molecule has 3 aliphatic rings. The molecule has 5 rings (SSSR count). The minimum absolute atomic E-state index is 0.405. The molecule has 0 aliphatic heterocycles. The van der Waals surface area contributed by atoms with Gasteiger partial charge in [-0.2, -0.15) is 10.2 Å². The third-order valence-electron chi connectivity index (χ3n) is 8.80. The third-order valence-corrected chi connectivity index (χ3v) is 8.80. The van der Waals surface area contributed by atoms with Crippen molar-refractivity contribution in [3.8, 4) is 6.07 Å². The minimum Gasteiger partial charge on any atom is -0.369 e. The molecule has 2 unspecified atom stereocenters. The van der Waals surface area contributed by atoms with Gasteiger partial charge in [-0.15, -0.1) is 0 Å². The monoisotopic (exact) mass is 487 g/mol. The molecule has 7 heteroatoms. The van der Waals surface area contributed by atoms with Crippen molar-refractivity contribution < 1.29 is 0 Å². The lowest BCUT2D eigenvalue weighted by Gasteiger charge is -2.48. The van der Waals surface area contributed by atoms with Crippen molar-refractivity contribution in [1.29, 1.82) is 5.26 Å². The first kappa shape index (κ1) is 25.0. The number of nitriles is 1. The van der Waals surface area contributed by atoms with Gasteiger partial charge in [-0.3, -0.25) is 0 Å². The van der Waals surface area contributed by atoms with E-state index < -0.39 is 0 Å². The maximum atomic E-state index is 9.62. The Kier molecular flexibility index (Phi) is 8.03. The van der Waals surface area contributed by atoms with E-state index in [1.54, 1.807) is 6.20 Å². The Labute approximate surface area is 215 Å². The second-order valence-corrected chi connectivity index (χ2v) is 11.3. The summed E-state index contributed by atoms with van der Waals surface area (Å²) < 4.78 is 0. The van der Waals surface area contributed by atoms with E-state index in [1.165, 1.54) is 56.1 Å². The molecule has 1 aromatic carbocycles. The lowest BCUT2D eigenvalue weighted by molar-refractivity contribution is 0.0750. The molecule has 3 fully saturated rings.